The maximum absolute atomic E-state index is 12.3. The smallest absolute Gasteiger partial charge is 0.324 e. The highest BCUT2D eigenvalue weighted by molar-refractivity contribution is 5.96. The maximum atomic E-state index is 12.3. The van der Waals surface area contributed by atoms with Crippen LogP contribution in [0.2, 0.25) is 0 Å². The van der Waals surface area contributed by atoms with Gasteiger partial charge in [0.15, 0.2) is 0 Å². The summed E-state index contributed by atoms with van der Waals surface area (Å²) in [6.07, 6.45) is 2.11. The van der Waals surface area contributed by atoms with Gasteiger partial charge in [0.05, 0.1) is 13.1 Å². The van der Waals surface area contributed by atoms with Crippen LogP contribution in [-0.2, 0) is 11.3 Å². The Morgan fingerprint density at radius 1 is 1.36 bits per heavy atom. The summed E-state index contributed by atoms with van der Waals surface area (Å²) in [5.74, 6) is 1.55. The fraction of sp³-hybridized carbons (Fsp3) is 0.714. The van der Waals surface area contributed by atoms with Gasteiger partial charge in [-0.2, -0.15) is 5.10 Å². The Kier molecular flexibility index (Phi) is 4.10. The number of urea groups is 1. The van der Waals surface area contributed by atoms with Gasteiger partial charge in [-0.1, -0.05) is 0 Å². The second kappa shape index (κ2) is 6.04. The minimum absolute atomic E-state index is 0.117. The molecule has 0 bridgehead atoms. The SMILES string of the molecule is Cc1nc(C)n(C[C@@H]2CCCN2CC(=O)N2CCNC2=O)n1. The van der Waals surface area contributed by atoms with Gasteiger partial charge in [-0.15, -0.1) is 0 Å². The van der Waals surface area contributed by atoms with Crippen molar-refractivity contribution in [1.82, 2.24) is 29.9 Å². The number of carbonyl (C=O) groups excluding carboxylic acids is 2. The summed E-state index contributed by atoms with van der Waals surface area (Å²) in [5.41, 5.74) is 0. The molecule has 3 amide bonds. The molecule has 1 aromatic rings. The molecule has 3 heterocycles. The van der Waals surface area contributed by atoms with Crippen molar-refractivity contribution in [2.45, 2.75) is 39.3 Å². The number of hydrogen-bond acceptors (Lipinski definition) is 5. The van der Waals surface area contributed by atoms with Gasteiger partial charge < -0.3 is 5.32 Å². The van der Waals surface area contributed by atoms with Gasteiger partial charge in [0.25, 0.3) is 0 Å². The molecule has 0 saturated carbocycles. The molecule has 1 N–H and O–H groups in total. The Hall–Kier alpha value is -1.96. The van der Waals surface area contributed by atoms with Crippen LogP contribution in [0.3, 0.4) is 0 Å². The van der Waals surface area contributed by atoms with Gasteiger partial charge in [-0.25, -0.2) is 14.5 Å². The molecule has 0 unspecified atom stereocenters. The highest BCUT2D eigenvalue weighted by atomic mass is 16.2. The van der Waals surface area contributed by atoms with E-state index in [-0.39, 0.29) is 18.0 Å². The number of amides is 3. The molecule has 0 radical (unpaired) electrons. The first-order valence-electron chi connectivity index (χ1n) is 7.75. The average molecular weight is 306 g/mol. The van der Waals surface area contributed by atoms with Gasteiger partial charge in [-0.3, -0.25) is 14.6 Å². The quantitative estimate of drug-likeness (QED) is 0.840. The third-order valence-corrected chi connectivity index (χ3v) is 4.34. The molecule has 8 heteroatoms. The first-order valence-corrected chi connectivity index (χ1v) is 7.75. The molecule has 3 rings (SSSR count). The molecule has 120 valence electrons. The summed E-state index contributed by atoms with van der Waals surface area (Å²) in [7, 11) is 0. The number of carbonyl (C=O) groups is 2. The molecule has 2 aliphatic heterocycles. The minimum Gasteiger partial charge on any atom is -0.336 e. The maximum Gasteiger partial charge on any atom is 0.324 e. The van der Waals surface area contributed by atoms with E-state index in [0.29, 0.717) is 19.6 Å². The van der Waals surface area contributed by atoms with Crippen LogP contribution in [0, 0.1) is 13.8 Å². The van der Waals surface area contributed by atoms with Crippen LogP contribution in [-0.4, -0.2) is 68.7 Å². The van der Waals surface area contributed by atoms with Crippen LogP contribution < -0.4 is 5.32 Å². The van der Waals surface area contributed by atoms with Gasteiger partial charge in [0.2, 0.25) is 5.91 Å². The molecule has 1 atom stereocenters. The average Bonchev–Trinajstić information content (AvgIpc) is 3.14. The zero-order valence-corrected chi connectivity index (χ0v) is 13.1. The van der Waals surface area contributed by atoms with Gasteiger partial charge in [0.1, 0.15) is 11.6 Å². The Morgan fingerprint density at radius 2 is 2.18 bits per heavy atom. The standard InChI is InChI=1S/C14H22N6O2/c1-10-16-11(2)20(17-10)8-12-4-3-6-18(12)9-13(21)19-7-5-15-14(19)22/h12H,3-9H2,1-2H3,(H,15,22)/t12-/m0/s1. The third-order valence-electron chi connectivity index (χ3n) is 4.34. The van der Waals surface area contributed by atoms with Crippen LogP contribution >= 0.6 is 0 Å². The number of imide groups is 1. The van der Waals surface area contributed by atoms with Gasteiger partial charge >= 0.3 is 6.03 Å². The molecule has 0 aromatic carbocycles. The zero-order chi connectivity index (χ0) is 15.7. The zero-order valence-electron chi connectivity index (χ0n) is 13.1. The lowest BCUT2D eigenvalue weighted by molar-refractivity contribution is -0.129. The fourth-order valence-corrected chi connectivity index (χ4v) is 3.21. The fourth-order valence-electron chi connectivity index (χ4n) is 3.21. The minimum atomic E-state index is -0.275. The number of hydrogen-bond donors (Lipinski definition) is 1. The lowest BCUT2D eigenvalue weighted by Crippen LogP contribution is -2.44. The molecule has 2 aliphatic rings. The van der Waals surface area contributed by atoms with Crippen molar-refractivity contribution >= 4 is 11.9 Å². The number of aromatic nitrogens is 3. The molecule has 8 nitrogen and oxygen atoms in total. The Labute approximate surface area is 129 Å². The Bertz CT molecular complexity index is 584. The van der Waals surface area contributed by atoms with Crippen molar-refractivity contribution in [3.63, 3.8) is 0 Å². The summed E-state index contributed by atoms with van der Waals surface area (Å²) in [4.78, 5) is 31.6. The predicted octanol–water partition coefficient (Wildman–Crippen LogP) is -0.0889. The van der Waals surface area contributed by atoms with Crippen molar-refractivity contribution in [3.8, 4) is 0 Å². The van der Waals surface area contributed by atoms with Crippen LogP contribution in [0.15, 0.2) is 0 Å². The van der Waals surface area contributed by atoms with E-state index in [1.807, 2.05) is 18.5 Å². The Balaban J connectivity index is 1.62. The molecule has 22 heavy (non-hydrogen) atoms. The van der Waals surface area contributed by atoms with E-state index < -0.39 is 0 Å². The van der Waals surface area contributed by atoms with E-state index in [2.05, 4.69) is 20.3 Å². The van der Waals surface area contributed by atoms with E-state index in [9.17, 15) is 9.59 Å². The summed E-state index contributed by atoms with van der Waals surface area (Å²) < 4.78 is 1.91. The van der Waals surface area contributed by atoms with Crippen molar-refractivity contribution in [3.05, 3.63) is 11.6 Å². The summed E-state index contributed by atoms with van der Waals surface area (Å²) in [6, 6.07) is -0.00194. The van der Waals surface area contributed by atoms with Crippen molar-refractivity contribution < 1.29 is 9.59 Å². The molecule has 2 fully saturated rings. The number of likely N-dealkylation sites (tertiary alicyclic amines) is 1. The summed E-state index contributed by atoms with van der Waals surface area (Å²) >= 11 is 0. The van der Waals surface area contributed by atoms with Crippen LogP contribution in [0.5, 0.6) is 0 Å². The highest BCUT2D eigenvalue weighted by Gasteiger charge is 2.32. The third kappa shape index (κ3) is 2.96. The first-order chi connectivity index (χ1) is 10.5. The molecule has 0 aliphatic carbocycles. The summed E-state index contributed by atoms with van der Waals surface area (Å²) in [6.45, 7) is 6.77. The number of rotatable bonds is 4. The molecule has 0 spiro atoms. The molecular formula is C14H22N6O2. The van der Waals surface area contributed by atoms with Crippen LogP contribution in [0.25, 0.3) is 0 Å². The lowest BCUT2D eigenvalue weighted by atomic mass is 10.2. The second-order valence-electron chi connectivity index (χ2n) is 5.93. The number of aryl methyl sites for hydroxylation is 2. The van der Waals surface area contributed by atoms with Gasteiger partial charge in [0, 0.05) is 19.1 Å². The Morgan fingerprint density at radius 3 is 2.82 bits per heavy atom. The van der Waals surface area contributed by atoms with Crippen molar-refractivity contribution in [2.75, 3.05) is 26.2 Å². The summed E-state index contributed by atoms with van der Waals surface area (Å²) in [5, 5.41) is 7.06. The van der Waals surface area contributed by atoms with E-state index in [4.69, 9.17) is 0 Å². The van der Waals surface area contributed by atoms with Crippen molar-refractivity contribution in [2.24, 2.45) is 0 Å². The van der Waals surface area contributed by atoms with E-state index in [1.54, 1.807) is 0 Å². The lowest BCUT2D eigenvalue weighted by Gasteiger charge is -2.25. The van der Waals surface area contributed by atoms with E-state index in [0.717, 1.165) is 37.6 Å². The number of nitrogens with zero attached hydrogens (tertiary/aromatic N) is 5. The highest BCUT2D eigenvalue weighted by Crippen LogP contribution is 2.19. The largest absolute Gasteiger partial charge is 0.336 e. The van der Waals surface area contributed by atoms with Crippen LogP contribution in [0.1, 0.15) is 24.5 Å². The molecule has 1 aromatic heterocycles. The predicted molar refractivity (Wildman–Crippen MR) is 79.2 cm³/mol. The monoisotopic (exact) mass is 306 g/mol. The van der Waals surface area contributed by atoms with E-state index >= 15 is 0 Å². The van der Waals surface area contributed by atoms with Gasteiger partial charge in [-0.05, 0) is 33.2 Å². The number of nitrogens with one attached hydrogen (secondary N) is 1. The first kappa shape index (κ1) is 15.0. The second-order valence-corrected chi connectivity index (χ2v) is 5.93. The molecule has 2 saturated heterocycles. The normalized spacial score (nSPS) is 22.4. The van der Waals surface area contributed by atoms with Crippen LogP contribution in [0.4, 0.5) is 4.79 Å². The van der Waals surface area contributed by atoms with E-state index in [1.165, 1.54) is 4.90 Å². The topological polar surface area (TPSA) is 83.4 Å². The van der Waals surface area contributed by atoms with Crippen molar-refractivity contribution in [1.29, 1.82) is 0 Å². The molecular weight excluding hydrogens is 284 g/mol.